The van der Waals surface area contributed by atoms with Crippen molar-refractivity contribution < 1.29 is 0 Å². The van der Waals surface area contributed by atoms with Crippen LogP contribution in [0.15, 0.2) is 11.0 Å². The molecule has 9 heavy (non-hydrogen) atoms. The summed E-state index contributed by atoms with van der Waals surface area (Å²) in [7, 11) is 0. The Hall–Kier alpha value is -0.562. The number of aromatic nitrogens is 2. The summed E-state index contributed by atoms with van der Waals surface area (Å²) in [5.74, 6) is 0. The fourth-order valence-electron chi connectivity index (χ4n) is 0.449. The molecule has 0 saturated heterocycles. The van der Waals surface area contributed by atoms with E-state index in [0.29, 0.717) is 0 Å². The van der Waals surface area contributed by atoms with Crippen molar-refractivity contribution in [1.29, 1.82) is 0 Å². The van der Waals surface area contributed by atoms with E-state index in [0.717, 1.165) is 10.0 Å². The van der Waals surface area contributed by atoms with Gasteiger partial charge in [-0.25, -0.2) is 0 Å². The van der Waals surface area contributed by atoms with Gasteiger partial charge in [0, 0.05) is 0 Å². The molecular weight excluding hydrogens is 179 g/mol. The Morgan fingerprint density at radius 2 is 2.44 bits per heavy atom. The van der Waals surface area contributed by atoms with Gasteiger partial charge in [0.15, 0.2) is 0 Å². The van der Waals surface area contributed by atoms with Gasteiger partial charge in [-0.3, -0.25) is 0 Å². The van der Waals surface area contributed by atoms with Crippen LogP contribution in [0.4, 0.5) is 0 Å². The number of aryl methyl sites for hydroxylation is 1. The Kier molecular flexibility index (Phi) is 1.72. The Morgan fingerprint density at radius 1 is 1.78 bits per heavy atom. The molecule has 46 valence electrons. The zero-order valence-electron chi connectivity index (χ0n) is 4.88. The van der Waals surface area contributed by atoms with Crippen molar-refractivity contribution in [2.45, 2.75) is 6.92 Å². The Morgan fingerprint density at radius 3 is 2.89 bits per heavy atom. The van der Waals surface area contributed by atoms with Gasteiger partial charge in [0.25, 0.3) is 0 Å². The predicted octanol–water partition coefficient (Wildman–Crippen LogP) is -1.13. The average Bonchev–Trinajstić information content (AvgIpc) is 1.80. The van der Waals surface area contributed by atoms with E-state index in [2.05, 4.69) is 26.8 Å². The molecule has 0 atom stereocenters. The van der Waals surface area contributed by atoms with E-state index in [1.807, 2.05) is 6.92 Å². The van der Waals surface area contributed by atoms with Crippen LogP contribution in [0.2, 0.25) is 0 Å². The second-order valence-corrected chi connectivity index (χ2v) is 2.66. The molecule has 1 aromatic heterocycles. The van der Waals surface area contributed by atoms with Gasteiger partial charge in [-0.15, -0.1) is 0 Å². The third-order valence-electron chi connectivity index (χ3n) is 0.974. The molecular formula is C5H5AsN2O. The first-order valence-electron chi connectivity index (χ1n) is 2.45. The van der Waals surface area contributed by atoms with Crippen LogP contribution in [0.1, 0.15) is 5.56 Å². The van der Waals surface area contributed by atoms with E-state index in [-0.39, 0.29) is 5.69 Å². The van der Waals surface area contributed by atoms with Crippen molar-refractivity contribution in [1.82, 2.24) is 9.97 Å². The summed E-state index contributed by atoms with van der Waals surface area (Å²) in [6.07, 6.45) is 1.55. The molecule has 4 heteroatoms. The zero-order valence-corrected chi connectivity index (χ0v) is 6.76. The molecule has 0 aliphatic rings. The molecule has 0 unspecified atom stereocenters. The number of nitrogens with zero attached hydrogens (tertiary/aromatic N) is 1. The summed E-state index contributed by atoms with van der Waals surface area (Å²) in [4.78, 5) is 16.5. The Labute approximate surface area is 61.0 Å². The summed E-state index contributed by atoms with van der Waals surface area (Å²) in [5.41, 5.74) is 0.686. The van der Waals surface area contributed by atoms with Gasteiger partial charge < -0.3 is 0 Å². The van der Waals surface area contributed by atoms with Crippen molar-refractivity contribution in [2.24, 2.45) is 0 Å². The van der Waals surface area contributed by atoms with Gasteiger partial charge in [-0.05, 0) is 0 Å². The molecule has 1 aromatic rings. The topological polar surface area (TPSA) is 45.8 Å². The average molecular weight is 184 g/mol. The zero-order chi connectivity index (χ0) is 6.85. The van der Waals surface area contributed by atoms with Crippen molar-refractivity contribution >= 4 is 21.3 Å². The summed E-state index contributed by atoms with van der Waals surface area (Å²) >= 11 is 2.28. The number of rotatable bonds is 0. The first-order chi connectivity index (χ1) is 4.20. The predicted molar refractivity (Wildman–Crippen MR) is 35.0 cm³/mol. The van der Waals surface area contributed by atoms with Gasteiger partial charge in [-0.1, -0.05) is 0 Å². The van der Waals surface area contributed by atoms with Gasteiger partial charge in [-0.2, -0.15) is 0 Å². The minimum atomic E-state index is -0.295. The third kappa shape index (κ3) is 1.42. The molecule has 0 amide bonds. The van der Waals surface area contributed by atoms with E-state index >= 15 is 0 Å². The third-order valence-corrected chi connectivity index (χ3v) is 1.95. The van der Waals surface area contributed by atoms with E-state index in [1.54, 1.807) is 6.20 Å². The molecule has 2 radical (unpaired) electrons. The Bertz CT molecular complexity index is 268. The van der Waals surface area contributed by atoms with Gasteiger partial charge >= 0.3 is 60.5 Å². The fourth-order valence-corrected chi connectivity index (χ4v) is 0.771. The number of hydrogen-bond donors (Lipinski definition) is 1. The van der Waals surface area contributed by atoms with Crippen molar-refractivity contribution in [2.75, 3.05) is 0 Å². The first-order valence-corrected chi connectivity index (χ1v) is 3.39. The number of H-pyrrole nitrogens is 1. The van der Waals surface area contributed by atoms with Crippen LogP contribution in [0.3, 0.4) is 0 Å². The second kappa shape index (κ2) is 2.36. The van der Waals surface area contributed by atoms with Gasteiger partial charge in [0.2, 0.25) is 0 Å². The molecule has 0 saturated carbocycles. The molecule has 0 aliphatic heterocycles. The van der Waals surface area contributed by atoms with Gasteiger partial charge in [0.1, 0.15) is 0 Å². The van der Waals surface area contributed by atoms with Gasteiger partial charge in [0.05, 0.1) is 0 Å². The van der Waals surface area contributed by atoms with Crippen molar-refractivity contribution in [3.63, 3.8) is 0 Å². The molecule has 3 nitrogen and oxygen atoms in total. The molecule has 0 fully saturated rings. The fraction of sp³-hybridized carbons (Fsp3) is 0.200. The van der Waals surface area contributed by atoms with Crippen LogP contribution in [0.25, 0.3) is 0 Å². The van der Waals surface area contributed by atoms with Crippen LogP contribution >= 0.6 is 0 Å². The van der Waals surface area contributed by atoms with Crippen molar-refractivity contribution in [3.05, 3.63) is 22.2 Å². The SMILES string of the molecule is Cc1cnc(=O)[nH]c1[As]. The molecule has 1 N–H and O–H groups in total. The summed E-state index contributed by atoms with van der Waals surface area (Å²) < 4.78 is 0.822. The Balaban J connectivity index is 3.34. The standard InChI is InChI=1S/C5H5AsN2O/c1-3-2-7-5(9)8-4(3)6/h2H,1H3,(H,7,8,9). The summed E-state index contributed by atoms with van der Waals surface area (Å²) in [6, 6.07) is 0. The maximum atomic E-state index is 10.5. The van der Waals surface area contributed by atoms with E-state index in [4.69, 9.17) is 0 Å². The molecule has 1 rings (SSSR count). The van der Waals surface area contributed by atoms with E-state index < -0.39 is 0 Å². The van der Waals surface area contributed by atoms with E-state index in [9.17, 15) is 4.79 Å². The minimum absolute atomic E-state index is 0.295. The van der Waals surface area contributed by atoms with Crippen LogP contribution in [-0.2, 0) is 0 Å². The van der Waals surface area contributed by atoms with Crippen LogP contribution in [0.5, 0.6) is 0 Å². The maximum absolute atomic E-state index is 10.5. The van der Waals surface area contributed by atoms with Crippen LogP contribution < -0.4 is 10.2 Å². The summed E-state index contributed by atoms with van der Waals surface area (Å²) in [6.45, 7) is 1.89. The molecule has 0 aromatic carbocycles. The number of aromatic amines is 1. The quantitative estimate of drug-likeness (QED) is 0.518. The molecule has 0 bridgehead atoms. The molecule has 0 aliphatic carbocycles. The first kappa shape index (κ1) is 6.56. The van der Waals surface area contributed by atoms with Crippen LogP contribution in [-0.4, -0.2) is 26.8 Å². The van der Waals surface area contributed by atoms with Crippen LogP contribution in [0, 0.1) is 6.92 Å². The summed E-state index contributed by atoms with van der Waals surface area (Å²) in [5, 5.41) is 0. The van der Waals surface area contributed by atoms with E-state index in [1.165, 1.54) is 0 Å². The molecule has 0 spiro atoms. The number of nitrogens with one attached hydrogen (secondary N) is 1. The second-order valence-electron chi connectivity index (χ2n) is 1.72. The number of hydrogen-bond acceptors (Lipinski definition) is 2. The monoisotopic (exact) mass is 184 g/mol. The molecule has 1 heterocycles. The normalized spacial score (nSPS) is 9.56. The van der Waals surface area contributed by atoms with Crippen molar-refractivity contribution in [3.8, 4) is 0 Å².